The number of hydrogen-bond donors (Lipinski definition) is 1. The zero-order valence-electron chi connectivity index (χ0n) is 12.3. The van der Waals surface area contributed by atoms with Crippen molar-refractivity contribution in [3.63, 3.8) is 0 Å². The van der Waals surface area contributed by atoms with Crippen molar-refractivity contribution >= 4 is 5.91 Å². The summed E-state index contributed by atoms with van der Waals surface area (Å²) in [6.07, 6.45) is 2.32. The molecule has 0 radical (unpaired) electrons. The first-order valence-electron chi connectivity index (χ1n) is 7.38. The highest BCUT2D eigenvalue weighted by atomic mass is 19.1. The maximum Gasteiger partial charge on any atom is 0.270 e. The number of nitrogens with one attached hydrogen (secondary N) is 1. The largest absolute Gasteiger partial charge is 0.360 e. The normalized spacial score (nSPS) is 13.9. The number of amides is 1. The Labute approximate surface area is 131 Å². The van der Waals surface area contributed by atoms with Crippen LogP contribution in [0.2, 0.25) is 0 Å². The van der Waals surface area contributed by atoms with Gasteiger partial charge in [-0.1, -0.05) is 17.3 Å². The first kappa shape index (κ1) is 13.8. The second-order valence-electron chi connectivity index (χ2n) is 5.50. The molecular formula is C17H14FN3O2. The van der Waals surface area contributed by atoms with Gasteiger partial charge in [0.2, 0.25) is 0 Å². The first-order chi connectivity index (χ1) is 11.2. The summed E-state index contributed by atoms with van der Waals surface area (Å²) in [5.74, 6) is 0.376. The number of fused-ring (bicyclic) bond motifs is 1. The van der Waals surface area contributed by atoms with E-state index in [1.807, 2.05) is 0 Å². The summed E-state index contributed by atoms with van der Waals surface area (Å²) < 4.78 is 18.8. The molecule has 1 N–H and O–H groups in total. The summed E-state index contributed by atoms with van der Waals surface area (Å²) >= 11 is 0. The minimum atomic E-state index is -0.325. The average molecular weight is 311 g/mol. The van der Waals surface area contributed by atoms with E-state index in [4.69, 9.17) is 4.52 Å². The van der Waals surface area contributed by atoms with Gasteiger partial charge < -0.3 is 14.4 Å². The minimum Gasteiger partial charge on any atom is -0.360 e. The molecule has 0 unspecified atom stereocenters. The van der Waals surface area contributed by atoms with Crippen LogP contribution < -0.4 is 0 Å². The molecule has 23 heavy (non-hydrogen) atoms. The highest BCUT2D eigenvalue weighted by molar-refractivity contribution is 5.92. The fourth-order valence-corrected chi connectivity index (χ4v) is 2.88. The molecule has 1 amide bonds. The number of hydrogen-bond acceptors (Lipinski definition) is 3. The van der Waals surface area contributed by atoms with Gasteiger partial charge in [0.05, 0.1) is 6.54 Å². The molecule has 0 saturated carbocycles. The number of aromatic nitrogens is 2. The Bertz CT molecular complexity index is 855. The maximum atomic E-state index is 13.5. The summed E-state index contributed by atoms with van der Waals surface area (Å²) in [5.41, 5.74) is 2.66. The van der Waals surface area contributed by atoms with E-state index < -0.39 is 0 Å². The summed E-state index contributed by atoms with van der Waals surface area (Å²) in [4.78, 5) is 17.1. The Morgan fingerprint density at radius 2 is 2.22 bits per heavy atom. The average Bonchev–Trinajstić information content (AvgIpc) is 3.23. The van der Waals surface area contributed by atoms with Crippen molar-refractivity contribution < 1.29 is 13.7 Å². The van der Waals surface area contributed by atoms with E-state index in [1.165, 1.54) is 12.1 Å². The molecule has 0 bridgehead atoms. The molecule has 2 aromatic heterocycles. The molecule has 116 valence electrons. The smallest absolute Gasteiger partial charge is 0.270 e. The summed E-state index contributed by atoms with van der Waals surface area (Å²) in [6.45, 7) is 0.977. The van der Waals surface area contributed by atoms with E-state index in [2.05, 4.69) is 10.1 Å². The maximum absolute atomic E-state index is 13.5. The minimum absolute atomic E-state index is 0.0629. The Hall–Kier alpha value is -2.89. The summed E-state index contributed by atoms with van der Waals surface area (Å²) in [7, 11) is 0. The molecule has 5 nitrogen and oxygen atoms in total. The van der Waals surface area contributed by atoms with E-state index in [0.717, 1.165) is 11.3 Å². The van der Waals surface area contributed by atoms with Crippen LogP contribution in [0.4, 0.5) is 4.39 Å². The molecule has 0 saturated heterocycles. The van der Waals surface area contributed by atoms with Gasteiger partial charge in [-0.2, -0.15) is 0 Å². The molecule has 1 aliphatic heterocycles. The topological polar surface area (TPSA) is 62.1 Å². The molecule has 1 aromatic carbocycles. The number of nitrogens with zero attached hydrogens (tertiary/aromatic N) is 2. The van der Waals surface area contributed by atoms with Crippen LogP contribution in [0, 0.1) is 5.82 Å². The van der Waals surface area contributed by atoms with Crippen LogP contribution in [-0.4, -0.2) is 27.5 Å². The van der Waals surface area contributed by atoms with Crippen LogP contribution in [0.15, 0.2) is 47.1 Å². The number of rotatable bonds is 2. The molecule has 0 aliphatic carbocycles. The van der Waals surface area contributed by atoms with Crippen molar-refractivity contribution in [2.45, 2.75) is 13.0 Å². The van der Waals surface area contributed by atoms with E-state index in [1.54, 1.807) is 35.4 Å². The van der Waals surface area contributed by atoms with E-state index >= 15 is 0 Å². The lowest BCUT2D eigenvalue weighted by molar-refractivity contribution is 0.0724. The zero-order valence-corrected chi connectivity index (χ0v) is 12.3. The van der Waals surface area contributed by atoms with Gasteiger partial charge in [-0.25, -0.2) is 4.39 Å². The van der Waals surface area contributed by atoms with E-state index in [0.29, 0.717) is 36.5 Å². The van der Waals surface area contributed by atoms with Gasteiger partial charge in [-0.05, 0) is 24.3 Å². The van der Waals surface area contributed by atoms with Crippen molar-refractivity contribution in [3.8, 4) is 11.3 Å². The third-order valence-corrected chi connectivity index (χ3v) is 4.04. The number of H-pyrrole nitrogens is 1. The Morgan fingerprint density at radius 3 is 3.00 bits per heavy atom. The summed E-state index contributed by atoms with van der Waals surface area (Å²) in [6, 6.07) is 9.77. The van der Waals surface area contributed by atoms with Crippen molar-refractivity contribution in [1.82, 2.24) is 15.0 Å². The molecule has 6 heteroatoms. The van der Waals surface area contributed by atoms with Crippen LogP contribution in [-0.2, 0) is 13.0 Å². The predicted molar refractivity (Wildman–Crippen MR) is 81.1 cm³/mol. The number of carbonyl (C=O) groups excluding carboxylic acids is 1. The number of halogens is 1. The van der Waals surface area contributed by atoms with Gasteiger partial charge in [0.1, 0.15) is 23.0 Å². The van der Waals surface area contributed by atoms with Gasteiger partial charge >= 0.3 is 0 Å². The Morgan fingerprint density at radius 1 is 1.30 bits per heavy atom. The third kappa shape index (κ3) is 2.42. The number of benzene rings is 1. The SMILES string of the molecule is O=C(c1ccc[nH]1)N1CCc2onc(-c3cccc(F)c3)c2C1. The molecule has 1 aliphatic rings. The lowest BCUT2D eigenvalue weighted by Crippen LogP contribution is -2.35. The van der Waals surface area contributed by atoms with E-state index in [-0.39, 0.29) is 11.7 Å². The predicted octanol–water partition coefficient (Wildman–Crippen LogP) is 3.01. The van der Waals surface area contributed by atoms with E-state index in [9.17, 15) is 9.18 Å². The molecule has 3 heterocycles. The molecule has 0 atom stereocenters. The van der Waals surface area contributed by atoms with Crippen molar-refractivity contribution in [2.75, 3.05) is 6.54 Å². The molecule has 0 fully saturated rings. The van der Waals surface area contributed by atoms with Crippen molar-refractivity contribution in [1.29, 1.82) is 0 Å². The lowest BCUT2D eigenvalue weighted by atomic mass is 10.0. The van der Waals surface area contributed by atoms with Gasteiger partial charge in [0.15, 0.2) is 0 Å². The van der Waals surface area contributed by atoms with Crippen LogP contribution in [0.5, 0.6) is 0 Å². The van der Waals surface area contributed by atoms with Crippen LogP contribution in [0.3, 0.4) is 0 Å². The summed E-state index contributed by atoms with van der Waals surface area (Å²) in [5, 5.41) is 4.08. The third-order valence-electron chi connectivity index (χ3n) is 4.04. The molecule has 0 spiro atoms. The molecule has 3 aromatic rings. The fraction of sp³-hybridized carbons (Fsp3) is 0.176. The zero-order chi connectivity index (χ0) is 15.8. The van der Waals surface area contributed by atoms with Crippen LogP contribution >= 0.6 is 0 Å². The molecular weight excluding hydrogens is 297 g/mol. The van der Waals surface area contributed by atoms with Crippen molar-refractivity contribution in [3.05, 3.63) is 65.4 Å². The fourth-order valence-electron chi connectivity index (χ4n) is 2.88. The van der Waals surface area contributed by atoms with Gasteiger partial charge in [-0.15, -0.1) is 0 Å². The quantitative estimate of drug-likeness (QED) is 0.791. The number of carbonyl (C=O) groups is 1. The lowest BCUT2D eigenvalue weighted by Gasteiger charge is -2.25. The number of aromatic amines is 1. The van der Waals surface area contributed by atoms with Gasteiger partial charge in [-0.3, -0.25) is 4.79 Å². The Kier molecular flexibility index (Phi) is 3.22. The van der Waals surface area contributed by atoms with Crippen LogP contribution in [0.1, 0.15) is 21.8 Å². The monoisotopic (exact) mass is 311 g/mol. The Balaban J connectivity index is 1.66. The first-order valence-corrected chi connectivity index (χ1v) is 7.38. The van der Waals surface area contributed by atoms with Crippen LogP contribution in [0.25, 0.3) is 11.3 Å². The van der Waals surface area contributed by atoms with Gasteiger partial charge in [0.25, 0.3) is 5.91 Å². The highest BCUT2D eigenvalue weighted by Crippen LogP contribution is 2.30. The highest BCUT2D eigenvalue weighted by Gasteiger charge is 2.28. The second kappa shape index (κ2) is 5.39. The van der Waals surface area contributed by atoms with Gasteiger partial charge in [0, 0.05) is 30.3 Å². The standard InChI is InChI=1S/C17H14FN3O2/c18-12-4-1-3-11(9-12)16-13-10-21(8-6-15(13)23-20-16)17(22)14-5-2-7-19-14/h1-5,7,9,19H,6,8,10H2. The molecule has 4 rings (SSSR count). The van der Waals surface area contributed by atoms with Crippen molar-refractivity contribution in [2.24, 2.45) is 0 Å². The second-order valence-corrected chi connectivity index (χ2v) is 5.50.